The van der Waals surface area contributed by atoms with Gasteiger partial charge in [0.25, 0.3) is 0 Å². The summed E-state index contributed by atoms with van der Waals surface area (Å²) in [5, 5.41) is 8.39. The summed E-state index contributed by atoms with van der Waals surface area (Å²) in [5.41, 5.74) is 0. The number of methoxy groups -OCH3 is 1. The van der Waals surface area contributed by atoms with Gasteiger partial charge >= 0.3 is 0 Å². The van der Waals surface area contributed by atoms with Gasteiger partial charge in [-0.2, -0.15) is 5.26 Å². The molecule has 0 spiro atoms. The average molecular weight is 156 g/mol. The highest BCUT2D eigenvalue weighted by Gasteiger charge is 2.06. The van der Waals surface area contributed by atoms with Crippen molar-refractivity contribution in [3.8, 4) is 6.07 Å². The molecule has 3 nitrogen and oxygen atoms in total. The first-order chi connectivity index (χ1) is 5.22. The van der Waals surface area contributed by atoms with E-state index in [0.717, 1.165) is 13.0 Å². The molecule has 0 fully saturated rings. The molecule has 3 heteroatoms. The fourth-order valence-corrected chi connectivity index (χ4v) is 0.776. The minimum Gasteiger partial charge on any atom is -0.385 e. The van der Waals surface area contributed by atoms with E-state index < -0.39 is 0 Å². The molecule has 0 aromatic carbocycles. The zero-order valence-electron chi connectivity index (χ0n) is 7.50. The Hall–Kier alpha value is -0.590. The van der Waals surface area contributed by atoms with Crippen molar-refractivity contribution in [2.75, 3.05) is 27.3 Å². The summed E-state index contributed by atoms with van der Waals surface area (Å²) in [4.78, 5) is 2.01. The Bertz CT molecular complexity index is 131. The van der Waals surface area contributed by atoms with Crippen LogP contribution >= 0.6 is 0 Å². The molecule has 64 valence electrons. The first-order valence-corrected chi connectivity index (χ1v) is 3.78. The van der Waals surface area contributed by atoms with E-state index >= 15 is 0 Å². The SMILES string of the molecule is COCCC(C)N(C)CC#N. The van der Waals surface area contributed by atoms with Crippen molar-refractivity contribution in [1.82, 2.24) is 4.90 Å². The molecule has 0 radical (unpaired) electrons. The van der Waals surface area contributed by atoms with Crippen LogP contribution < -0.4 is 0 Å². The summed E-state index contributed by atoms with van der Waals surface area (Å²) in [6, 6.07) is 2.54. The Morgan fingerprint density at radius 2 is 2.27 bits per heavy atom. The molecule has 0 aromatic rings. The minimum atomic E-state index is 0.426. The van der Waals surface area contributed by atoms with Crippen LogP contribution in [-0.4, -0.2) is 38.3 Å². The van der Waals surface area contributed by atoms with Crippen molar-refractivity contribution < 1.29 is 4.74 Å². The second-order valence-corrected chi connectivity index (χ2v) is 2.70. The topological polar surface area (TPSA) is 36.3 Å². The summed E-state index contributed by atoms with van der Waals surface area (Å²) < 4.78 is 4.93. The number of nitrogens with zero attached hydrogens (tertiary/aromatic N) is 2. The number of hydrogen-bond acceptors (Lipinski definition) is 3. The number of ether oxygens (including phenoxy) is 1. The van der Waals surface area contributed by atoms with Crippen LogP contribution in [0.15, 0.2) is 0 Å². The summed E-state index contributed by atoms with van der Waals surface area (Å²) in [6.07, 6.45) is 0.981. The molecule has 0 aliphatic rings. The van der Waals surface area contributed by atoms with E-state index in [2.05, 4.69) is 13.0 Å². The fraction of sp³-hybridized carbons (Fsp3) is 0.875. The number of nitriles is 1. The molecule has 0 N–H and O–H groups in total. The van der Waals surface area contributed by atoms with E-state index in [9.17, 15) is 0 Å². The van der Waals surface area contributed by atoms with Gasteiger partial charge in [-0.1, -0.05) is 0 Å². The summed E-state index contributed by atoms with van der Waals surface area (Å²) >= 11 is 0. The molecule has 0 amide bonds. The molecule has 0 heterocycles. The van der Waals surface area contributed by atoms with E-state index in [-0.39, 0.29) is 0 Å². The van der Waals surface area contributed by atoms with Crippen LogP contribution in [0.3, 0.4) is 0 Å². The average Bonchev–Trinajstić information content (AvgIpc) is 2.00. The Labute approximate surface area is 68.6 Å². The molecule has 1 unspecified atom stereocenters. The number of rotatable bonds is 5. The lowest BCUT2D eigenvalue weighted by atomic mass is 10.2. The predicted octanol–water partition coefficient (Wildman–Crippen LogP) is 0.867. The van der Waals surface area contributed by atoms with Crippen molar-refractivity contribution in [2.24, 2.45) is 0 Å². The minimum absolute atomic E-state index is 0.426. The second-order valence-electron chi connectivity index (χ2n) is 2.70. The third kappa shape index (κ3) is 4.77. The summed E-state index contributed by atoms with van der Waals surface area (Å²) in [6.45, 7) is 3.35. The largest absolute Gasteiger partial charge is 0.385 e. The van der Waals surface area contributed by atoms with Gasteiger partial charge in [-0.25, -0.2) is 0 Å². The predicted molar refractivity (Wildman–Crippen MR) is 44.2 cm³/mol. The first-order valence-electron chi connectivity index (χ1n) is 3.78. The van der Waals surface area contributed by atoms with Gasteiger partial charge in [-0.15, -0.1) is 0 Å². The van der Waals surface area contributed by atoms with Gasteiger partial charge in [0, 0.05) is 19.8 Å². The Kier molecular flexibility index (Phi) is 5.81. The zero-order chi connectivity index (χ0) is 8.69. The highest BCUT2D eigenvalue weighted by atomic mass is 16.5. The third-order valence-corrected chi connectivity index (χ3v) is 1.81. The van der Waals surface area contributed by atoms with Crippen LogP contribution in [0, 0.1) is 11.3 Å². The molecular formula is C8H16N2O. The Balaban J connectivity index is 3.48. The van der Waals surface area contributed by atoms with Crippen LogP contribution in [0.2, 0.25) is 0 Å². The van der Waals surface area contributed by atoms with E-state index in [0.29, 0.717) is 12.6 Å². The smallest absolute Gasteiger partial charge is 0.0865 e. The molecule has 1 atom stereocenters. The normalized spacial score (nSPS) is 13.0. The molecule has 0 rings (SSSR count). The maximum absolute atomic E-state index is 8.39. The first kappa shape index (κ1) is 10.4. The maximum Gasteiger partial charge on any atom is 0.0865 e. The van der Waals surface area contributed by atoms with Crippen LogP contribution in [-0.2, 0) is 4.74 Å². The van der Waals surface area contributed by atoms with E-state index in [1.54, 1.807) is 7.11 Å². The van der Waals surface area contributed by atoms with Gasteiger partial charge in [0.15, 0.2) is 0 Å². The molecule has 11 heavy (non-hydrogen) atoms. The standard InChI is InChI=1S/C8H16N2O/c1-8(4-7-11-3)10(2)6-5-9/h8H,4,6-7H2,1-3H3. The number of hydrogen-bond donors (Lipinski definition) is 0. The lowest BCUT2D eigenvalue weighted by Gasteiger charge is -2.20. The van der Waals surface area contributed by atoms with Gasteiger partial charge in [0.2, 0.25) is 0 Å². The zero-order valence-corrected chi connectivity index (χ0v) is 7.50. The summed E-state index contributed by atoms with van der Waals surface area (Å²) in [5.74, 6) is 0. The van der Waals surface area contributed by atoms with Crippen LogP contribution in [0.25, 0.3) is 0 Å². The van der Waals surface area contributed by atoms with Crippen molar-refractivity contribution in [2.45, 2.75) is 19.4 Å². The molecule has 0 aliphatic heterocycles. The molecular weight excluding hydrogens is 140 g/mol. The van der Waals surface area contributed by atoms with Crippen molar-refractivity contribution in [1.29, 1.82) is 5.26 Å². The van der Waals surface area contributed by atoms with E-state index in [1.165, 1.54) is 0 Å². The van der Waals surface area contributed by atoms with Gasteiger partial charge in [0.05, 0.1) is 12.6 Å². The van der Waals surface area contributed by atoms with Gasteiger partial charge in [-0.05, 0) is 20.4 Å². The Morgan fingerprint density at radius 1 is 1.64 bits per heavy atom. The lowest BCUT2D eigenvalue weighted by molar-refractivity contribution is 0.159. The molecule has 0 saturated heterocycles. The molecule has 0 aromatic heterocycles. The molecule has 0 bridgehead atoms. The Morgan fingerprint density at radius 3 is 2.73 bits per heavy atom. The second kappa shape index (κ2) is 6.14. The third-order valence-electron chi connectivity index (χ3n) is 1.81. The van der Waals surface area contributed by atoms with Crippen molar-refractivity contribution >= 4 is 0 Å². The van der Waals surface area contributed by atoms with Crippen molar-refractivity contribution in [3.63, 3.8) is 0 Å². The van der Waals surface area contributed by atoms with Gasteiger partial charge in [0.1, 0.15) is 0 Å². The van der Waals surface area contributed by atoms with Gasteiger partial charge in [-0.3, -0.25) is 4.90 Å². The highest BCUT2D eigenvalue weighted by Crippen LogP contribution is 1.99. The maximum atomic E-state index is 8.39. The summed E-state index contributed by atoms with van der Waals surface area (Å²) in [7, 11) is 3.64. The van der Waals surface area contributed by atoms with Crippen molar-refractivity contribution in [3.05, 3.63) is 0 Å². The van der Waals surface area contributed by atoms with Crippen LogP contribution in [0.5, 0.6) is 0 Å². The van der Waals surface area contributed by atoms with E-state index in [4.69, 9.17) is 10.00 Å². The van der Waals surface area contributed by atoms with Crippen LogP contribution in [0.4, 0.5) is 0 Å². The quantitative estimate of drug-likeness (QED) is 0.554. The highest BCUT2D eigenvalue weighted by molar-refractivity contribution is 4.77. The lowest BCUT2D eigenvalue weighted by Crippen LogP contribution is -2.30. The van der Waals surface area contributed by atoms with Gasteiger partial charge < -0.3 is 4.74 Å². The molecule has 0 aliphatic carbocycles. The molecule has 0 saturated carbocycles. The fourth-order valence-electron chi connectivity index (χ4n) is 0.776. The van der Waals surface area contributed by atoms with Crippen LogP contribution in [0.1, 0.15) is 13.3 Å². The monoisotopic (exact) mass is 156 g/mol. The van der Waals surface area contributed by atoms with E-state index in [1.807, 2.05) is 11.9 Å².